The molecule has 41 heavy (non-hydrogen) atoms. The Morgan fingerprint density at radius 1 is 0.854 bits per heavy atom. The number of hydrogen-bond donors (Lipinski definition) is 5. The van der Waals surface area contributed by atoms with Gasteiger partial charge in [-0.15, -0.1) is 10.2 Å². The summed E-state index contributed by atoms with van der Waals surface area (Å²) in [6.45, 7) is 9.25. The summed E-state index contributed by atoms with van der Waals surface area (Å²) >= 11 is 0. The number of ketones is 1. The SMILES string of the molecule is CC(=O)N[C@H](CC(C)C)C(=O)N[C@H](CC(C)C)C(=O)NC(CCCN=C(N)N)C(=O)c1nnc(-c2ccccc2)o1. The lowest BCUT2D eigenvalue weighted by Crippen LogP contribution is -2.56. The first-order valence-corrected chi connectivity index (χ1v) is 13.7. The Morgan fingerprint density at radius 2 is 1.41 bits per heavy atom. The van der Waals surface area contributed by atoms with Crippen LogP contribution in [0.15, 0.2) is 39.7 Å². The van der Waals surface area contributed by atoms with Gasteiger partial charge in [-0.25, -0.2) is 0 Å². The first-order chi connectivity index (χ1) is 19.4. The molecule has 0 aliphatic heterocycles. The van der Waals surface area contributed by atoms with E-state index in [9.17, 15) is 19.2 Å². The first-order valence-electron chi connectivity index (χ1n) is 13.7. The van der Waals surface area contributed by atoms with E-state index in [1.807, 2.05) is 33.8 Å². The summed E-state index contributed by atoms with van der Waals surface area (Å²) in [5, 5.41) is 16.0. The van der Waals surface area contributed by atoms with Crippen molar-refractivity contribution in [3.05, 3.63) is 36.2 Å². The minimum Gasteiger partial charge on any atom is -0.414 e. The van der Waals surface area contributed by atoms with E-state index >= 15 is 0 Å². The van der Waals surface area contributed by atoms with Crippen molar-refractivity contribution < 1.29 is 23.6 Å². The number of nitrogens with one attached hydrogen (secondary N) is 3. The van der Waals surface area contributed by atoms with Crippen molar-refractivity contribution in [3.63, 3.8) is 0 Å². The molecule has 0 aliphatic rings. The van der Waals surface area contributed by atoms with Crippen molar-refractivity contribution in [2.75, 3.05) is 6.54 Å². The fraction of sp³-hybridized carbons (Fsp3) is 0.536. The number of nitrogens with zero attached hydrogens (tertiary/aromatic N) is 3. The number of guanidine groups is 1. The molecule has 3 amide bonds. The predicted molar refractivity (Wildman–Crippen MR) is 154 cm³/mol. The summed E-state index contributed by atoms with van der Waals surface area (Å²) in [4.78, 5) is 55.7. The monoisotopic (exact) mass is 570 g/mol. The quantitative estimate of drug-likeness (QED) is 0.0857. The van der Waals surface area contributed by atoms with Crippen LogP contribution >= 0.6 is 0 Å². The fourth-order valence-electron chi connectivity index (χ4n) is 4.14. The molecule has 0 saturated heterocycles. The smallest absolute Gasteiger partial charge is 0.286 e. The van der Waals surface area contributed by atoms with Crippen molar-refractivity contribution in [3.8, 4) is 11.5 Å². The van der Waals surface area contributed by atoms with Crippen LogP contribution in [0.3, 0.4) is 0 Å². The average molecular weight is 571 g/mol. The van der Waals surface area contributed by atoms with E-state index in [0.29, 0.717) is 24.8 Å². The lowest BCUT2D eigenvalue weighted by atomic mass is 9.99. The Morgan fingerprint density at radius 3 is 1.95 bits per heavy atom. The third kappa shape index (κ3) is 11.4. The normalized spacial score (nSPS) is 13.2. The van der Waals surface area contributed by atoms with Gasteiger partial charge in [0.25, 0.3) is 5.89 Å². The van der Waals surface area contributed by atoms with Crippen molar-refractivity contribution in [2.45, 2.75) is 78.4 Å². The standard InChI is InChI=1S/C28H42N8O5/c1-16(2)14-21(32-18(5)37)24(39)34-22(15-17(3)4)25(40)33-20(12-9-13-31-28(29)30)23(38)27-36-35-26(41-27)19-10-7-6-8-11-19/h6-8,10-11,16-17,20-22H,9,12-15H2,1-5H3,(H,32,37)(H,33,40)(H,34,39)(H4,29,30,31)/t20?,21-,22-/m1/s1. The van der Waals surface area contributed by atoms with Gasteiger partial charge in [-0.2, -0.15) is 0 Å². The molecule has 0 saturated carbocycles. The maximum Gasteiger partial charge on any atom is 0.286 e. The average Bonchev–Trinajstić information content (AvgIpc) is 3.39. The lowest BCUT2D eigenvalue weighted by molar-refractivity contribution is -0.132. The summed E-state index contributed by atoms with van der Waals surface area (Å²) in [5.74, 6) is -1.98. The molecule has 3 atom stereocenters. The second-order valence-electron chi connectivity index (χ2n) is 10.7. The van der Waals surface area contributed by atoms with E-state index in [-0.39, 0.29) is 48.4 Å². The number of aliphatic imine (C=N–C) groups is 1. The Balaban J connectivity index is 2.26. The molecule has 2 aromatic rings. The summed E-state index contributed by atoms with van der Waals surface area (Å²) < 4.78 is 5.63. The molecule has 1 heterocycles. The fourth-order valence-corrected chi connectivity index (χ4v) is 4.14. The van der Waals surface area contributed by atoms with Crippen molar-refractivity contribution in [1.29, 1.82) is 0 Å². The molecular weight excluding hydrogens is 528 g/mol. The van der Waals surface area contributed by atoms with Crippen LogP contribution in [0.5, 0.6) is 0 Å². The van der Waals surface area contributed by atoms with Gasteiger partial charge in [-0.05, 0) is 49.7 Å². The zero-order chi connectivity index (χ0) is 30.5. The van der Waals surface area contributed by atoms with Gasteiger partial charge in [0, 0.05) is 19.0 Å². The van der Waals surface area contributed by atoms with Gasteiger partial charge in [-0.1, -0.05) is 45.9 Å². The van der Waals surface area contributed by atoms with Crippen LogP contribution in [-0.2, 0) is 14.4 Å². The topological polar surface area (TPSA) is 208 Å². The van der Waals surface area contributed by atoms with Crippen LogP contribution in [0.25, 0.3) is 11.5 Å². The second kappa shape index (κ2) is 16.1. The van der Waals surface area contributed by atoms with Gasteiger partial charge in [0.1, 0.15) is 12.1 Å². The zero-order valence-corrected chi connectivity index (χ0v) is 24.3. The number of carbonyl (C=O) groups excluding carboxylic acids is 4. The highest BCUT2D eigenvalue weighted by atomic mass is 16.4. The van der Waals surface area contributed by atoms with Crippen molar-refractivity contribution in [1.82, 2.24) is 26.1 Å². The van der Waals surface area contributed by atoms with Crippen LogP contribution in [0.1, 0.15) is 71.0 Å². The lowest BCUT2D eigenvalue weighted by Gasteiger charge is -2.26. The minimum atomic E-state index is -1.05. The highest BCUT2D eigenvalue weighted by Gasteiger charge is 2.32. The largest absolute Gasteiger partial charge is 0.414 e. The second-order valence-corrected chi connectivity index (χ2v) is 10.7. The number of benzene rings is 1. The zero-order valence-electron chi connectivity index (χ0n) is 24.3. The summed E-state index contributed by atoms with van der Waals surface area (Å²) in [5.41, 5.74) is 11.5. The van der Waals surface area contributed by atoms with Gasteiger partial charge in [0.15, 0.2) is 5.96 Å². The minimum absolute atomic E-state index is 0.0377. The number of amides is 3. The molecule has 7 N–H and O–H groups in total. The highest BCUT2D eigenvalue weighted by Crippen LogP contribution is 2.19. The molecule has 224 valence electrons. The molecule has 0 bridgehead atoms. The van der Waals surface area contributed by atoms with E-state index in [0.717, 1.165) is 0 Å². The summed E-state index contributed by atoms with van der Waals surface area (Å²) in [6, 6.07) is 6.16. The predicted octanol–water partition coefficient (Wildman–Crippen LogP) is 1.54. The third-order valence-corrected chi connectivity index (χ3v) is 5.98. The molecular formula is C28H42N8O5. The molecule has 2 rings (SSSR count). The number of rotatable bonds is 16. The van der Waals surface area contributed by atoms with Gasteiger partial charge in [0.2, 0.25) is 29.4 Å². The molecule has 0 fully saturated rings. The molecule has 13 nitrogen and oxygen atoms in total. The number of aromatic nitrogens is 2. The Kier molecular flexibility index (Phi) is 12.9. The van der Waals surface area contributed by atoms with Crippen LogP contribution in [0.2, 0.25) is 0 Å². The van der Waals surface area contributed by atoms with Gasteiger partial charge in [0.05, 0.1) is 6.04 Å². The van der Waals surface area contributed by atoms with Gasteiger partial charge < -0.3 is 31.8 Å². The van der Waals surface area contributed by atoms with E-state index in [4.69, 9.17) is 15.9 Å². The van der Waals surface area contributed by atoms with Crippen molar-refractivity contribution in [2.24, 2.45) is 28.3 Å². The molecule has 1 unspecified atom stereocenters. The van der Waals surface area contributed by atoms with E-state index < -0.39 is 35.7 Å². The summed E-state index contributed by atoms with van der Waals surface area (Å²) in [7, 11) is 0. The van der Waals surface area contributed by atoms with E-state index in [1.54, 1.807) is 24.3 Å². The molecule has 0 spiro atoms. The molecule has 1 aromatic heterocycles. The van der Waals surface area contributed by atoms with Crippen LogP contribution in [0, 0.1) is 11.8 Å². The Hall–Kier alpha value is -4.29. The molecule has 0 radical (unpaired) electrons. The Labute approximate surface area is 240 Å². The van der Waals surface area contributed by atoms with Gasteiger partial charge >= 0.3 is 0 Å². The molecule has 1 aromatic carbocycles. The first kappa shape index (κ1) is 32.9. The van der Waals surface area contributed by atoms with E-state index in [1.165, 1.54) is 6.92 Å². The van der Waals surface area contributed by atoms with Crippen LogP contribution in [-0.4, -0.2) is 64.3 Å². The number of Topliss-reactive ketones (excluding diaryl/α,β-unsaturated/α-hetero) is 1. The highest BCUT2D eigenvalue weighted by molar-refractivity contribution is 6.00. The van der Waals surface area contributed by atoms with E-state index in [2.05, 4.69) is 31.1 Å². The Bertz CT molecular complexity index is 1190. The number of hydrogen-bond acceptors (Lipinski definition) is 8. The van der Waals surface area contributed by atoms with Gasteiger partial charge in [-0.3, -0.25) is 24.2 Å². The number of nitrogens with two attached hydrogens (primary N) is 2. The number of carbonyl (C=O) groups is 4. The van der Waals surface area contributed by atoms with Crippen molar-refractivity contribution >= 4 is 29.5 Å². The maximum atomic E-state index is 13.5. The van der Waals surface area contributed by atoms with Crippen LogP contribution in [0.4, 0.5) is 0 Å². The summed E-state index contributed by atoms with van der Waals surface area (Å²) in [6.07, 6.45) is 1.25. The van der Waals surface area contributed by atoms with Crippen LogP contribution < -0.4 is 27.4 Å². The third-order valence-electron chi connectivity index (χ3n) is 5.98. The molecule has 13 heteroatoms. The maximum absolute atomic E-state index is 13.5. The molecule has 0 aliphatic carbocycles.